The fourth-order valence-electron chi connectivity index (χ4n) is 5.71. The third kappa shape index (κ3) is 9.54. The molecule has 0 spiro atoms. The largest absolute Gasteiger partial charge is 0.417 e. The molecular formula is C34H41F4N3O7P2. The summed E-state index contributed by atoms with van der Waals surface area (Å²) in [5, 5.41) is 5.80. The minimum absolute atomic E-state index is 0.0319. The summed E-state index contributed by atoms with van der Waals surface area (Å²) >= 11 is 0. The molecule has 2 fully saturated rings. The van der Waals surface area contributed by atoms with E-state index in [9.17, 15) is 27.1 Å². The lowest BCUT2D eigenvalue weighted by atomic mass is 9.98. The Kier molecular flexibility index (Phi) is 12.8. The molecule has 5 rings (SSSR count). The van der Waals surface area contributed by atoms with Gasteiger partial charge in [-0.25, -0.2) is 9.18 Å². The number of benzene rings is 3. The quantitative estimate of drug-likeness (QED) is 0.0902. The predicted molar refractivity (Wildman–Crippen MR) is 181 cm³/mol. The number of nitrogens with zero attached hydrogens (tertiary/aromatic N) is 1. The van der Waals surface area contributed by atoms with Crippen LogP contribution < -0.4 is 10.6 Å². The Morgan fingerprint density at radius 3 is 2.14 bits per heavy atom. The molecule has 2 aliphatic heterocycles. The summed E-state index contributed by atoms with van der Waals surface area (Å²) in [7, 11) is -7.92. The van der Waals surface area contributed by atoms with Crippen LogP contribution in [-0.4, -0.2) is 56.0 Å². The van der Waals surface area contributed by atoms with E-state index in [0.29, 0.717) is 17.7 Å². The first-order valence-corrected chi connectivity index (χ1v) is 19.7. The summed E-state index contributed by atoms with van der Waals surface area (Å²) in [5.74, 6) is -0.556. The predicted octanol–water partition coefficient (Wildman–Crippen LogP) is 9.02. The van der Waals surface area contributed by atoms with Crippen LogP contribution >= 0.6 is 15.2 Å². The van der Waals surface area contributed by atoms with Gasteiger partial charge in [-0.05, 0) is 59.4 Å². The van der Waals surface area contributed by atoms with Gasteiger partial charge in [-0.2, -0.15) is 13.2 Å². The van der Waals surface area contributed by atoms with Crippen molar-refractivity contribution >= 4 is 26.9 Å². The average molecular weight is 742 g/mol. The van der Waals surface area contributed by atoms with Gasteiger partial charge in [0, 0.05) is 25.3 Å². The molecule has 16 heteroatoms. The van der Waals surface area contributed by atoms with Gasteiger partial charge in [0.25, 0.3) is 0 Å². The zero-order valence-corrected chi connectivity index (χ0v) is 29.4. The third-order valence-corrected chi connectivity index (χ3v) is 13.6. The van der Waals surface area contributed by atoms with Crippen LogP contribution in [0.25, 0.3) is 11.1 Å². The molecule has 2 amide bonds. The fourth-order valence-corrected chi connectivity index (χ4v) is 10.5. The summed E-state index contributed by atoms with van der Waals surface area (Å²) in [5.41, 5.74) is -0.646. The first-order chi connectivity index (χ1) is 23.9. The van der Waals surface area contributed by atoms with E-state index in [1.54, 1.807) is 30.3 Å². The normalized spacial score (nSPS) is 16.8. The van der Waals surface area contributed by atoms with Crippen LogP contribution in [0.2, 0.25) is 0 Å². The van der Waals surface area contributed by atoms with Crippen molar-refractivity contribution in [2.24, 2.45) is 0 Å². The van der Waals surface area contributed by atoms with Crippen molar-refractivity contribution in [2.45, 2.75) is 57.3 Å². The molecule has 0 radical (unpaired) electrons. The number of nitrogens with one attached hydrogen (secondary N) is 2. The number of urea groups is 1. The summed E-state index contributed by atoms with van der Waals surface area (Å²) < 4.78 is 104. The number of amides is 2. The first-order valence-electron chi connectivity index (χ1n) is 16.5. The Hall–Kier alpha value is -3.25. The summed E-state index contributed by atoms with van der Waals surface area (Å²) in [6.07, 6.45) is -0.624. The van der Waals surface area contributed by atoms with E-state index in [-0.39, 0.29) is 68.8 Å². The molecular weight excluding hydrogens is 700 g/mol. The number of carbonyl (C=O) groups is 1. The molecule has 272 valence electrons. The van der Waals surface area contributed by atoms with Crippen LogP contribution in [0.4, 0.5) is 28.0 Å². The molecule has 0 unspecified atom stereocenters. The van der Waals surface area contributed by atoms with Gasteiger partial charge in [0.1, 0.15) is 5.82 Å². The molecule has 3 aromatic rings. The molecule has 0 aromatic heterocycles. The second-order valence-corrected chi connectivity index (χ2v) is 16.6. The maximum absolute atomic E-state index is 15.1. The maximum Gasteiger partial charge on any atom is 0.417 e. The van der Waals surface area contributed by atoms with Crippen molar-refractivity contribution in [2.75, 3.05) is 44.8 Å². The summed E-state index contributed by atoms with van der Waals surface area (Å²) in [4.78, 5) is 14.9. The second-order valence-electron chi connectivity index (χ2n) is 11.9. The van der Waals surface area contributed by atoms with E-state index in [1.807, 2.05) is 0 Å². The van der Waals surface area contributed by atoms with E-state index >= 15 is 4.39 Å². The smallest absolute Gasteiger partial charge is 0.362 e. The molecule has 10 nitrogen and oxygen atoms in total. The minimum atomic E-state index is -4.52. The molecule has 2 heterocycles. The maximum atomic E-state index is 15.1. The van der Waals surface area contributed by atoms with E-state index < -0.39 is 38.3 Å². The fraction of sp³-hybridized carbons (Fsp3) is 0.441. The van der Waals surface area contributed by atoms with E-state index in [1.165, 1.54) is 35.2 Å². The molecule has 2 aliphatic rings. The summed E-state index contributed by atoms with van der Waals surface area (Å²) in [6, 6.07) is 15.5. The lowest BCUT2D eigenvalue weighted by molar-refractivity contribution is -0.137. The average Bonchev–Trinajstić information content (AvgIpc) is 3.75. The zero-order chi connectivity index (χ0) is 35.8. The minimum Gasteiger partial charge on any atom is -0.362 e. The number of hydrogen-bond acceptors (Lipinski definition) is 8. The molecule has 2 N–H and O–H groups in total. The van der Waals surface area contributed by atoms with Crippen LogP contribution in [0.5, 0.6) is 0 Å². The zero-order valence-electron chi connectivity index (χ0n) is 27.6. The highest BCUT2D eigenvalue weighted by Gasteiger charge is 2.55. The number of rotatable bonds is 15. The number of hydrogen-bond donors (Lipinski definition) is 2. The van der Waals surface area contributed by atoms with Crippen LogP contribution in [0.15, 0.2) is 66.7 Å². The second kappa shape index (κ2) is 16.8. The van der Waals surface area contributed by atoms with Gasteiger partial charge in [-0.1, -0.05) is 68.7 Å². The van der Waals surface area contributed by atoms with Crippen molar-refractivity contribution < 1.29 is 49.6 Å². The number of anilines is 1. The van der Waals surface area contributed by atoms with Crippen molar-refractivity contribution in [1.82, 2.24) is 10.2 Å². The lowest BCUT2D eigenvalue weighted by Crippen LogP contribution is -2.41. The molecule has 0 atom stereocenters. The van der Waals surface area contributed by atoms with Crippen molar-refractivity contribution in [3.8, 4) is 11.1 Å². The number of unbranched alkanes of at least 4 members (excludes halogenated alkanes) is 3. The highest BCUT2D eigenvalue weighted by atomic mass is 31.2. The van der Waals surface area contributed by atoms with Gasteiger partial charge in [0.05, 0.1) is 32.0 Å². The first kappa shape index (κ1) is 38.0. The van der Waals surface area contributed by atoms with Gasteiger partial charge >= 0.3 is 27.4 Å². The number of alkyl halides is 3. The Morgan fingerprint density at radius 1 is 0.880 bits per heavy atom. The van der Waals surface area contributed by atoms with Crippen LogP contribution in [-0.2, 0) is 46.4 Å². The van der Waals surface area contributed by atoms with Crippen LogP contribution in [0.3, 0.4) is 0 Å². The lowest BCUT2D eigenvalue weighted by Gasteiger charge is -2.27. The Balaban J connectivity index is 1.33. The topological polar surface area (TPSA) is 115 Å². The molecule has 2 saturated heterocycles. The molecule has 0 bridgehead atoms. The van der Waals surface area contributed by atoms with E-state index in [4.69, 9.17) is 18.1 Å². The van der Waals surface area contributed by atoms with Gasteiger partial charge < -0.3 is 33.6 Å². The van der Waals surface area contributed by atoms with Crippen molar-refractivity contribution in [3.63, 3.8) is 0 Å². The van der Waals surface area contributed by atoms with Gasteiger partial charge in [0.2, 0.25) is 5.52 Å². The highest BCUT2D eigenvalue weighted by Crippen LogP contribution is 2.72. The number of carbonyl (C=O) groups excluding carboxylic acids is 1. The third-order valence-electron chi connectivity index (χ3n) is 8.31. The van der Waals surface area contributed by atoms with Gasteiger partial charge in [-0.3, -0.25) is 9.13 Å². The molecule has 0 aliphatic carbocycles. The molecule has 0 saturated carbocycles. The highest BCUT2D eigenvalue weighted by molar-refractivity contribution is 7.73. The van der Waals surface area contributed by atoms with Crippen molar-refractivity contribution in [3.05, 3.63) is 89.2 Å². The van der Waals surface area contributed by atoms with E-state index in [2.05, 4.69) is 17.6 Å². The molecule has 3 aromatic carbocycles. The standard InChI is InChI=1S/C34H41F4N3O7P2/c1-2-3-4-7-17-39-32(42)41(24-25-10-12-26(13-11-25)29-8-5-6-9-30(29)34(36,37)38)18-16-27-23-28(14-15-31(27)35)40-33(49(43)45-19-20-46-49)50(44)47-21-22-48-50/h5-6,8-15,23,33,40H,2-4,7,16-22,24H2,1H3,(H,39,42). The van der Waals surface area contributed by atoms with Crippen molar-refractivity contribution in [1.29, 1.82) is 0 Å². The van der Waals surface area contributed by atoms with Crippen LogP contribution in [0, 0.1) is 5.82 Å². The number of halogens is 4. The Labute approximate surface area is 288 Å². The SMILES string of the molecule is CCCCCCNC(=O)N(CCc1cc(NC(P2(=O)OCCO2)P2(=O)OCCO2)ccc1F)Cc1ccc(-c2ccccc2C(F)(F)F)cc1. The summed E-state index contributed by atoms with van der Waals surface area (Å²) in [6.45, 7) is 2.86. The monoisotopic (exact) mass is 741 g/mol. The Morgan fingerprint density at radius 2 is 1.52 bits per heavy atom. The molecule has 50 heavy (non-hydrogen) atoms. The Bertz CT molecular complexity index is 1660. The van der Waals surface area contributed by atoms with Gasteiger partial charge in [-0.15, -0.1) is 0 Å². The van der Waals surface area contributed by atoms with E-state index in [0.717, 1.165) is 31.7 Å². The van der Waals surface area contributed by atoms with Gasteiger partial charge in [0.15, 0.2) is 0 Å². The van der Waals surface area contributed by atoms with Crippen LogP contribution in [0.1, 0.15) is 49.3 Å².